The summed E-state index contributed by atoms with van der Waals surface area (Å²) >= 11 is 6.45. The first-order valence-corrected chi connectivity index (χ1v) is 8.66. The molecule has 0 unspecified atom stereocenters. The number of aromatic nitrogens is 2. The van der Waals surface area contributed by atoms with Gasteiger partial charge in [-0.15, -0.1) is 0 Å². The van der Waals surface area contributed by atoms with Crippen molar-refractivity contribution in [3.63, 3.8) is 0 Å². The summed E-state index contributed by atoms with van der Waals surface area (Å²) in [5, 5.41) is 3.80. The van der Waals surface area contributed by atoms with Crippen LogP contribution in [0.4, 0.5) is 5.69 Å². The lowest BCUT2D eigenvalue weighted by Crippen LogP contribution is -2.13. The average molecular weight is 352 g/mol. The fourth-order valence-electron chi connectivity index (χ4n) is 2.67. The van der Waals surface area contributed by atoms with Crippen molar-refractivity contribution >= 4 is 17.3 Å². The van der Waals surface area contributed by atoms with E-state index in [-0.39, 0.29) is 5.41 Å². The van der Waals surface area contributed by atoms with Crippen molar-refractivity contribution in [2.24, 2.45) is 0 Å². The Kier molecular flexibility index (Phi) is 4.78. The molecule has 0 saturated carbocycles. The molecule has 1 N–H and O–H groups in total. The minimum absolute atomic E-state index is 0.00728. The van der Waals surface area contributed by atoms with E-state index in [1.54, 1.807) is 0 Å². The van der Waals surface area contributed by atoms with E-state index in [0.29, 0.717) is 5.02 Å². The van der Waals surface area contributed by atoms with Crippen LogP contribution in [-0.2, 0) is 5.41 Å². The van der Waals surface area contributed by atoms with Gasteiger partial charge in [0.2, 0.25) is 0 Å². The van der Waals surface area contributed by atoms with Crippen molar-refractivity contribution < 1.29 is 0 Å². The molecule has 3 aromatic rings. The van der Waals surface area contributed by atoms with Gasteiger partial charge in [0.15, 0.2) is 0 Å². The largest absolute Gasteiger partial charge is 0.388 e. The zero-order chi connectivity index (χ0) is 18.0. The molecular formula is C21H22ClN3. The molecule has 0 aliphatic carbocycles. The summed E-state index contributed by atoms with van der Waals surface area (Å²) in [5.41, 5.74) is 6.19. The Morgan fingerprint density at radius 1 is 0.920 bits per heavy atom. The van der Waals surface area contributed by atoms with Gasteiger partial charge in [-0.3, -0.25) is 9.97 Å². The number of hydrogen-bond donors (Lipinski definition) is 1. The maximum atomic E-state index is 6.45. The summed E-state index contributed by atoms with van der Waals surface area (Å²) in [5.74, 6) is 0. The molecule has 2 heterocycles. The first-order valence-electron chi connectivity index (χ1n) is 8.28. The van der Waals surface area contributed by atoms with Gasteiger partial charge in [-0.05, 0) is 35.9 Å². The van der Waals surface area contributed by atoms with Crippen molar-refractivity contribution in [3.8, 4) is 22.3 Å². The van der Waals surface area contributed by atoms with Crippen molar-refractivity contribution in [2.75, 3.05) is 12.4 Å². The molecule has 0 fully saturated rings. The van der Waals surface area contributed by atoms with E-state index in [1.165, 1.54) is 0 Å². The third-order valence-electron chi connectivity index (χ3n) is 4.17. The fraction of sp³-hybridized carbons (Fsp3) is 0.238. The predicted octanol–water partition coefficient (Wildman–Crippen LogP) is 5.80. The first kappa shape index (κ1) is 17.4. The Labute approximate surface area is 154 Å². The highest BCUT2D eigenvalue weighted by molar-refractivity contribution is 6.33. The summed E-state index contributed by atoms with van der Waals surface area (Å²) in [6.07, 6.45) is 5.58. The quantitative estimate of drug-likeness (QED) is 0.647. The molecule has 25 heavy (non-hydrogen) atoms. The van der Waals surface area contributed by atoms with Gasteiger partial charge < -0.3 is 5.32 Å². The highest BCUT2D eigenvalue weighted by Gasteiger charge is 2.16. The molecule has 0 bridgehead atoms. The van der Waals surface area contributed by atoms with Gasteiger partial charge in [0.1, 0.15) is 0 Å². The van der Waals surface area contributed by atoms with Gasteiger partial charge in [-0.25, -0.2) is 0 Å². The van der Waals surface area contributed by atoms with Crippen LogP contribution in [0.25, 0.3) is 22.3 Å². The van der Waals surface area contributed by atoms with Gasteiger partial charge in [0, 0.05) is 59.1 Å². The smallest absolute Gasteiger partial charge is 0.0505 e. The average Bonchev–Trinajstić information content (AvgIpc) is 2.61. The van der Waals surface area contributed by atoms with Crippen molar-refractivity contribution in [1.82, 2.24) is 9.97 Å². The van der Waals surface area contributed by atoms with Crippen LogP contribution in [0.15, 0.2) is 55.0 Å². The molecule has 0 amide bonds. The highest BCUT2D eigenvalue weighted by Crippen LogP contribution is 2.33. The van der Waals surface area contributed by atoms with Crippen LogP contribution in [0.1, 0.15) is 26.5 Å². The van der Waals surface area contributed by atoms with E-state index in [9.17, 15) is 0 Å². The van der Waals surface area contributed by atoms with E-state index in [0.717, 1.165) is 33.6 Å². The summed E-state index contributed by atoms with van der Waals surface area (Å²) in [4.78, 5) is 8.92. The van der Waals surface area contributed by atoms with Gasteiger partial charge in [0.25, 0.3) is 0 Å². The number of rotatable bonds is 3. The number of nitrogens with one attached hydrogen (secondary N) is 1. The molecule has 1 aromatic carbocycles. The van der Waals surface area contributed by atoms with Crippen LogP contribution in [0, 0.1) is 0 Å². The maximum absolute atomic E-state index is 6.45. The topological polar surface area (TPSA) is 37.8 Å². The van der Waals surface area contributed by atoms with E-state index in [4.69, 9.17) is 11.6 Å². The maximum Gasteiger partial charge on any atom is 0.0505 e. The lowest BCUT2D eigenvalue weighted by molar-refractivity contribution is 0.569. The molecular weight excluding hydrogens is 330 g/mol. The van der Waals surface area contributed by atoms with E-state index in [2.05, 4.69) is 48.2 Å². The zero-order valence-corrected chi connectivity index (χ0v) is 15.7. The number of pyridine rings is 2. The molecule has 128 valence electrons. The minimum Gasteiger partial charge on any atom is -0.388 e. The second-order valence-corrected chi connectivity index (χ2v) is 7.49. The summed E-state index contributed by atoms with van der Waals surface area (Å²) in [7, 11) is 1.88. The van der Waals surface area contributed by atoms with Crippen molar-refractivity contribution in [2.45, 2.75) is 26.2 Å². The molecule has 3 rings (SSSR count). The molecule has 0 aliphatic rings. The van der Waals surface area contributed by atoms with Crippen LogP contribution in [0.5, 0.6) is 0 Å². The standard InChI is InChI=1S/C21H22ClN3/c1-21(2,3)20-10-14(7-8-25-20)15-9-16(13-24-12-15)18-6-5-17(23-4)11-19(18)22/h5-13,23H,1-4H3. The van der Waals surface area contributed by atoms with Crippen LogP contribution < -0.4 is 5.32 Å². The third kappa shape index (κ3) is 3.83. The second-order valence-electron chi connectivity index (χ2n) is 7.09. The first-order chi connectivity index (χ1) is 11.9. The molecule has 3 nitrogen and oxygen atoms in total. The Balaban J connectivity index is 2.03. The van der Waals surface area contributed by atoms with Crippen LogP contribution >= 0.6 is 11.6 Å². The van der Waals surface area contributed by atoms with E-state index >= 15 is 0 Å². The minimum atomic E-state index is 0.00728. The molecule has 0 atom stereocenters. The van der Waals surface area contributed by atoms with Gasteiger partial charge in [-0.2, -0.15) is 0 Å². The monoisotopic (exact) mass is 351 g/mol. The predicted molar refractivity (Wildman–Crippen MR) is 106 cm³/mol. The van der Waals surface area contributed by atoms with Gasteiger partial charge >= 0.3 is 0 Å². The Morgan fingerprint density at radius 3 is 2.36 bits per heavy atom. The van der Waals surface area contributed by atoms with Crippen molar-refractivity contribution in [3.05, 3.63) is 65.7 Å². The van der Waals surface area contributed by atoms with Crippen LogP contribution in [0.3, 0.4) is 0 Å². The Morgan fingerprint density at radius 2 is 1.68 bits per heavy atom. The molecule has 4 heteroatoms. The lowest BCUT2D eigenvalue weighted by Gasteiger charge is -2.18. The summed E-state index contributed by atoms with van der Waals surface area (Å²) < 4.78 is 0. The Hall–Kier alpha value is -2.39. The second kappa shape index (κ2) is 6.85. The molecule has 0 aliphatic heterocycles. The number of halogens is 1. The van der Waals surface area contributed by atoms with E-state index < -0.39 is 0 Å². The normalized spacial score (nSPS) is 11.4. The molecule has 0 spiro atoms. The number of nitrogens with zero attached hydrogens (tertiary/aromatic N) is 2. The Bertz CT molecular complexity index is 898. The van der Waals surface area contributed by atoms with Crippen LogP contribution in [-0.4, -0.2) is 17.0 Å². The molecule has 2 aromatic heterocycles. The lowest BCUT2D eigenvalue weighted by atomic mass is 9.90. The summed E-state index contributed by atoms with van der Waals surface area (Å²) in [6.45, 7) is 6.49. The summed E-state index contributed by atoms with van der Waals surface area (Å²) in [6, 6.07) is 12.2. The van der Waals surface area contributed by atoms with Crippen LogP contribution in [0.2, 0.25) is 5.02 Å². The number of benzene rings is 1. The zero-order valence-electron chi connectivity index (χ0n) is 15.0. The highest BCUT2D eigenvalue weighted by atomic mass is 35.5. The van der Waals surface area contributed by atoms with Gasteiger partial charge in [-0.1, -0.05) is 38.4 Å². The van der Waals surface area contributed by atoms with E-state index in [1.807, 2.05) is 49.9 Å². The molecule has 0 radical (unpaired) electrons. The third-order valence-corrected chi connectivity index (χ3v) is 4.48. The SMILES string of the molecule is CNc1ccc(-c2cncc(-c3ccnc(C(C)(C)C)c3)c2)c(Cl)c1. The molecule has 0 saturated heterocycles. The number of hydrogen-bond acceptors (Lipinski definition) is 3. The number of anilines is 1. The fourth-order valence-corrected chi connectivity index (χ4v) is 2.96. The van der Waals surface area contributed by atoms with Gasteiger partial charge in [0.05, 0.1) is 5.02 Å². The van der Waals surface area contributed by atoms with Crippen molar-refractivity contribution in [1.29, 1.82) is 0 Å².